The molecule has 1 aliphatic rings. The van der Waals surface area contributed by atoms with Gasteiger partial charge in [0.05, 0.1) is 5.52 Å². The lowest BCUT2D eigenvalue weighted by Crippen LogP contribution is -2.27. The van der Waals surface area contributed by atoms with Crippen LogP contribution < -0.4 is 0 Å². The lowest BCUT2D eigenvalue weighted by Gasteiger charge is -2.19. The Morgan fingerprint density at radius 2 is 1.82 bits per heavy atom. The molecular formula is C29H29F3N6OS. The van der Waals surface area contributed by atoms with E-state index < -0.39 is 12.1 Å². The fourth-order valence-electron chi connectivity index (χ4n) is 5.48. The van der Waals surface area contributed by atoms with Gasteiger partial charge in [-0.3, -0.25) is 4.98 Å². The molecule has 5 aromatic rings. The summed E-state index contributed by atoms with van der Waals surface area (Å²) in [4.78, 5) is 10.8. The number of pyridine rings is 1. The van der Waals surface area contributed by atoms with E-state index in [0.29, 0.717) is 0 Å². The minimum Gasteiger partial charge on any atom is -0.433 e. The number of alkyl halides is 3. The van der Waals surface area contributed by atoms with Crippen molar-refractivity contribution in [2.75, 3.05) is 25.4 Å². The van der Waals surface area contributed by atoms with Crippen molar-refractivity contribution < 1.29 is 17.6 Å². The Hall–Kier alpha value is -3.44. The SMILES string of the molecule is Cc1ccc2c(-c3nnc(SCCCN4CCc5cc6nc(C(F)(F)F)oc6c(C)c5CC4)n3C)cccc2n1. The maximum Gasteiger partial charge on any atom is 0.468 e. The summed E-state index contributed by atoms with van der Waals surface area (Å²) >= 11 is 1.69. The van der Waals surface area contributed by atoms with Gasteiger partial charge in [-0.05, 0) is 74.5 Å². The highest BCUT2D eigenvalue weighted by atomic mass is 32.2. The maximum absolute atomic E-state index is 13.1. The normalized spacial score (nSPS) is 14.7. The summed E-state index contributed by atoms with van der Waals surface area (Å²) in [5.74, 6) is 0.549. The van der Waals surface area contributed by atoms with Gasteiger partial charge < -0.3 is 13.9 Å². The van der Waals surface area contributed by atoms with Crippen LogP contribution in [0.1, 0.15) is 34.7 Å². The molecule has 208 valence electrons. The van der Waals surface area contributed by atoms with Gasteiger partial charge in [-0.1, -0.05) is 30.0 Å². The number of aryl methyl sites for hydroxylation is 2. The van der Waals surface area contributed by atoms with Crippen molar-refractivity contribution in [3.05, 3.63) is 64.7 Å². The average molecular weight is 567 g/mol. The molecule has 0 atom stereocenters. The predicted octanol–water partition coefficient (Wildman–Crippen LogP) is 6.39. The summed E-state index contributed by atoms with van der Waals surface area (Å²) in [5, 5.41) is 10.9. The van der Waals surface area contributed by atoms with E-state index in [0.717, 1.165) is 94.5 Å². The molecule has 2 aromatic carbocycles. The monoisotopic (exact) mass is 566 g/mol. The van der Waals surface area contributed by atoms with E-state index >= 15 is 0 Å². The number of halogens is 3. The molecule has 3 aromatic heterocycles. The molecule has 0 N–H and O–H groups in total. The summed E-state index contributed by atoms with van der Waals surface area (Å²) in [6, 6.07) is 11.9. The van der Waals surface area contributed by atoms with Crippen LogP contribution in [0.15, 0.2) is 46.0 Å². The minimum atomic E-state index is -4.59. The lowest BCUT2D eigenvalue weighted by atomic mass is 9.97. The molecule has 7 nitrogen and oxygen atoms in total. The van der Waals surface area contributed by atoms with Crippen molar-refractivity contribution >= 4 is 33.8 Å². The van der Waals surface area contributed by atoms with Crippen molar-refractivity contribution in [2.24, 2.45) is 7.05 Å². The van der Waals surface area contributed by atoms with E-state index in [1.165, 1.54) is 0 Å². The zero-order chi connectivity index (χ0) is 28.0. The molecule has 40 heavy (non-hydrogen) atoms. The second-order valence-corrected chi connectivity index (χ2v) is 11.3. The van der Waals surface area contributed by atoms with Crippen LogP contribution in [0.2, 0.25) is 0 Å². The molecular weight excluding hydrogens is 537 g/mol. The second kappa shape index (κ2) is 10.5. The molecule has 0 spiro atoms. The van der Waals surface area contributed by atoms with E-state index in [9.17, 15) is 13.2 Å². The van der Waals surface area contributed by atoms with Crippen molar-refractivity contribution in [3.63, 3.8) is 0 Å². The second-order valence-electron chi connectivity index (χ2n) is 10.2. The van der Waals surface area contributed by atoms with Gasteiger partial charge in [0.15, 0.2) is 16.6 Å². The molecule has 0 saturated heterocycles. The molecule has 0 amide bonds. The van der Waals surface area contributed by atoms with Crippen LogP contribution >= 0.6 is 11.8 Å². The first-order valence-electron chi connectivity index (χ1n) is 13.3. The maximum atomic E-state index is 13.1. The molecule has 0 aliphatic carbocycles. The van der Waals surface area contributed by atoms with Gasteiger partial charge in [-0.15, -0.1) is 10.2 Å². The van der Waals surface area contributed by atoms with Crippen LogP contribution in [0.3, 0.4) is 0 Å². The third-order valence-corrected chi connectivity index (χ3v) is 8.67. The van der Waals surface area contributed by atoms with Gasteiger partial charge >= 0.3 is 12.1 Å². The van der Waals surface area contributed by atoms with Crippen molar-refractivity contribution in [1.82, 2.24) is 29.6 Å². The first kappa shape index (κ1) is 26.8. The molecule has 0 fully saturated rings. The van der Waals surface area contributed by atoms with Gasteiger partial charge in [-0.25, -0.2) is 4.98 Å². The quantitative estimate of drug-likeness (QED) is 0.174. The Morgan fingerprint density at radius 3 is 2.65 bits per heavy atom. The molecule has 6 rings (SSSR count). The molecule has 11 heteroatoms. The zero-order valence-corrected chi connectivity index (χ0v) is 23.4. The zero-order valence-electron chi connectivity index (χ0n) is 22.5. The van der Waals surface area contributed by atoms with Crippen molar-refractivity contribution in [3.8, 4) is 11.4 Å². The van der Waals surface area contributed by atoms with E-state index in [4.69, 9.17) is 4.42 Å². The van der Waals surface area contributed by atoms with E-state index in [1.807, 2.05) is 43.7 Å². The van der Waals surface area contributed by atoms with Gasteiger partial charge in [0.25, 0.3) is 0 Å². The number of benzene rings is 2. The number of hydrogen-bond acceptors (Lipinski definition) is 7. The molecule has 0 radical (unpaired) electrons. The molecule has 0 saturated carbocycles. The third kappa shape index (κ3) is 5.08. The summed E-state index contributed by atoms with van der Waals surface area (Å²) in [6.07, 6.45) is -2.05. The van der Waals surface area contributed by atoms with E-state index in [-0.39, 0.29) is 11.1 Å². The Morgan fingerprint density at radius 1 is 1.00 bits per heavy atom. The highest BCUT2D eigenvalue weighted by Gasteiger charge is 2.38. The minimum absolute atomic E-state index is 0.244. The fourth-order valence-corrected chi connectivity index (χ4v) is 6.32. The van der Waals surface area contributed by atoms with E-state index in [1.54, 1.807) is 17.8 Å². The summed E-state index contributed by atoms with van der Waals surface area (Å²) in [7, 11) is 2.00. The van der Waals surface area contributed by atoms with Gasteiger partial charge in [0.1, 0.15) is 5.52 Å². The van der Waals surface area contributed by atoms with Crippen LogP contribution in [0.25, 0.3) is 33.4 Å². The summed E-state index contributed by atoms with van der Waals surface area (Å²) in [5.41, 5.74) is 6.38. The number of nitrogens with zero attached hydrogens (tertiary/aromatic N) is 6. The summed E-state index contributed by atoms with van der Waals surface area (Å²) in [6.45, 7) is 6.47. The largest absolute Gasteiger partial charge is 0.468 e. The van der Waals surface area contributed by atoms with Gasteiger partial charge in [0, 0.05) is 42.5 Å². The van der Waals surface area contributed by atoms with Crippen LogP contribution in [-0.4, -0.2) is 55.0 Å². The van der Waals surface area contributed by atoms with Crippen molar-refractivity contribution in [2.45, 2.75) is 44.4 Å². The molecule has 0 unspecified atom stereocenters. The predicted molar refractivity (Wildman–Crippen MR) is 149 cm³/mol. The topological polar surface area (TPSA) is 72.9 Å². The van der Waals surface area contributed by atoms with Crippen LogP contribution in [0, 0.1) is 13.8 Å². The van der Waals surface area contributed by atoms with Crippen LogP contribution in [0.5, 0.6) is 0 Å². The Labute approximate surface area is 233 Å². The Balaban J connectivity index is 1.07. The van der Waals surface area contributed by atoms with Crippen LogP contribution in [-0.2, 0) is 26.1 Å². The number of fused-ring (bicyclic) bond motifs is 3. The number of thioether (sulfide) groups is 1. The third-order valence-electron chi connectivity index (χ3n) is 7.56. The molecule has 1 aliphatic heterocycles. The molecule has 4 heterocycles. The highest BCUT2D eigenvalue weighted by Crippen LogP contribution is 2.35. The number of rotatable bonds is 6. The standard InChI is InChI=1S/C29H29F3N6OS/c1-17-8-9-21-22(6-4-7-23(21)33-17)26-35-36-28(37(26)3)40-15-5-12-38-13-10-19-16-24-25(18(2)20(19)11-14-38)39-27(34-24)29(30,31)32/h4,6-9,16H,5,10-15H2,1-3H3. The van der Waals surface area contributed by atoms with Crippen LogP contribution in [0.4, 0.5) is 13.2 Å². The van der Waals surface area contributed by atoms with Gasteiger partial charge in [0.2, 0.25) is 0 Å². The van der Waals surface area contributed by atoms with E-state index in [2.05, 4.69) is 37.2 Å². The average Bonchev–Trinajstić information content (AvgIpc) is 3.45. The van der Waals surface area contributed by atoms with Crippen molar-refractivity contribution in [1.29, 1.82) is 0 Å². The Kier molecular flexibility index (Phi) is 7.03. The first-order chi connectivity index (χ1) is 19.2. The lowest BCUT2D eigenvalue weighted by molar-refractivity contribution is -0.156. The Bertz CT molecular complexity index is 1710. The highest BCUT2D eigenvalue weighted by molar-refractivity contribution is 7.99. The van der Waals surface area contributed by atoms with Gasteiger partial charge in [-0.2, -0.15) is 13.2 Å². The number of oxazole rings is 1. The molecule has 0 bridgehead atoms. The smallest absolute Gasteiger partial charge is 0.433 e. The number of hydrogen-bond donors (Lipinski definition) is 0. The fraction of sp³-hybridized carbons (Fsp3) is 0.379. The first-order valence-corrected chi connectivity index (χ1v) is 14.3. The number of aromatic nitrogens is 5. The summed E-state index contributed by atoms with van der Waals surface area (Å²) < 4.78 is 46.5.